The molecule has 1 saturated carbocycles. The SMILES string of the molecule is CCO[C@@H](COC(=O)Nc1ccc(S(=O)(=O)C2CC2)c(CNC)c1)c1ccc(C(Nc2ccc3cc[nH]c(=O)c3c2)C(=O)O)cc1.Cl. The minimum absolute atomic E-state index is 0. The molecule has 1 aliphatic rings. The van der Waals surface area contributed by atoms with Gasteiger partial charge in [-0.1, -0.05) is 30.3 Å². The van der Waals surface area contributed by atoms with Gasteiger partial charge in [-0.25, -0.2) is 18.0 Å². The number of aliphatic carboxylic acids is 1. The summed E-state index contributed by atoms with van der Waals surface area (Å²) in [5.41, 5.74) is 2.30. The highest BCUT2D eigenvalue weighted by molar-refractivity contribution is 7.92. The van der Waals surface area contributed by atoms with Crippen molar-refractivity contribution in [2.75, 3.05) is 30.9 Å². The standard InChI is InChI=1S/C33H36N4O8S.ClH/c1-3-44-28(19-45-33(41)37-24-10-13-29(23(16-24)18-34-2)46(42,43)26-11-12-26)21-4-6-22(7-5-21)30(32(39)40)36-25-9-8-20-14-15-35-31(38)27(20)17-25;/h4-10,13-17,26,28,30,34,36H,3,11-12,18-19H2,1-2H3,(H,35,38)(H,37,41)(H,39,40);1H/t28-,30?;/m0./s1. The van der Waals surface area contributed by atoms with E-state index in [1.54, 1.807) is 74.8 Å². The summed E-state index contributed by atoms with van der Waals surface area (Å²) < 4.78 is 36.9. The van der Waals surface area contributed by atoms with Crippen molar-refractivity contribution in [2.24, 2.45) is 0 Å². The van der Waals surface area contributed by atoms with Gasteiger partial charge in [0.2, 0.25) is 0 Å². The summed E-state index contributed by atoms with van der Waals surface area (Å²) >= 11 is 0. The molecule has 0 spiro atoms. The lowest BCUT2D eigenvalue weighted by Crippen LogP contribution is -2.21. The topological polar surface area (TPSA) is 176 Å². The number of carboxylic acids is 1. The highest BCUT2D eigenvalue weighted by atomic mass is 35.5. The van der Waals surface area contributed by atoms with Gasteiger partial charge in [-0.05, 0) is 85.3 Å². The van der Waals surface area contributed by atoms with Crippen LogP contribution in [0.5, 0.6) is 0 Å². The van der Waals surface area contributed by atoms with E-state index in [1.165, 1.54) is 12.1 Å². The number of carboxylic acid groups (broad SMARTS) is 1. The minimum atomic E-state index is -3.41. The average Bonchev–Trinajstić information content (AvgIpc) is 3.89. The number of aromatic amines is 1. The quantitative estimate of drug-likeness (QED) is 0.119. The molecule has 0 aliphatic heterocycles. The number of hydrogen-bond acceptors (Lipinski definition) is 9. The van der Waals surface area contributed by atoms with Gasteiger partial charge in [0.15, 0.2) is 15.9 Å². The van der Waals surface area contributed by atoms with Gasteiger partial charge in [-0.15, -0.1) is 12.4 Å². The van der Waals surface area contributed by atoms with Crippen LogP contribution in [0.15, 0.2) is 82.6 Å². The van der Waals surface area contributed by atoms with Gasteiger partial charge in [0.05, 0.1) is 10.1 Å². The van der Waals surface area contributed by atoms with Crippen LogP contribution in [-0.2, 0) is 30.7 Å². The number of anilines is 2. The van der Waals surface area contributed by atoms with E-state index in [2.05, 4.69) is 20.9 Å². The molecule has 1 fully saturated rings. The number of ether oxygens (including phenoxy) is 2. The van der Waals surface area contributed by atoms with Gasteiger partial charge >= 0.3 is 12.1 Å². The number of carbonyl (C=O) groups excluding carboxylic acids is 1. The van der Waals surface area contributed by atoms with Gasteiger partial charge in [0, 0.05) is 36.1 Å². The molecule has 0 saturated heterocycles. The summed E-state index contributed by atoms with van der Waals surface area (Å²) in [5, 5.41) is 19.4. The Morgan fingerprint density at radius 3 is 2.36 bits per heavy atom. The van der Waals surface area contributed by atoms with Crippen LogP contribution < -0.4 is 21.5 Å². The summed E-state index contributed by atoms with van der Waals surface area (Å²) in [7, 11) is -1.69. The first-order valence-corrected chi connectivity index (χ1v) is 16.4. The molecule has 3 aromatic carbocycles. The largest absolute Gasteiger partial charge is 0.479 e. The monoisotopic (exact) mass is 684 g/mol. The number of aromatic nitrogens is 1. The second-order valence-corrected chi connectivity index (χ2v) is 13.2. The number of halogens is 1. The predicted molar refractivity (Wildman–Crippen MR) is 181 cm³/mol. The number of fused-ring (bicyclic) bond motifs is 1. The molecule has 1 unspecified atom stereocenters. The Bertz CT molecular complexity index is 1900. The van der Waals surface area contributed by atoms with E-state index in [4.69, 9.17) is 9.47 Å². The molecule has 1 heterocycles. The maximum atomic E-state index is 12.8. The van der Waals surface area contributed by atoms with Crippen molar-refractivity contribution in [1.29, 1.82) is 0 Å². The summed E-state index contributed by atoms with van der Waals surface area (Å²) in [6.07, 6.45) is 1.50. The zero-order valence-corrected chi connectivity index (χ0v) is 27.5. The molecule has 5 N–H and O–H groups in total. The molecule has 1 aliphatic carbocycles. The number of benzene rings is 3. The number of amides is 1. The van der Waals surface area contributed by atoms with E-state index in [1.807, 2.05) is 0 Å². The Hall–Kier alpha value is -4.43. The van der Waals surface area contributed by atoms with E-state index in [0.717, 1.165) is 5.39 Å². The first-order valence-electron chi connectivity index (χ1n) is 14.9. The number of nitrogens with one attached hydrogen (secondary N) is 4. The molecular formula is C33H37ClN4O8S. The van der Waals surface area contributed by atoms with Gasteiger partial charge in [0.25, 0.3) is 5.56 Å². The lowest BCUT2D eigenvalue weighted by atomic mass is 10.0. The van der Waals surface area contributed by atoms with Crippen LogP contribution in [0.4, 0.5) is 16.2 Å². The highest BCUT2D eigenvalue weighted by Gasteiger charge is 2.38. The lowest BCUT2D eigenvalue weighted by Gasteiger charge is -2.20. The number of rotatable bonds is 14. The van der Waals surface area contributed by atoms with Gasteiger partial charge in [0.1, 0.15) is 12.7 Å². The summed E-state index contributed by atoms with van der Waals surface area (Å²) in [6.45, 7) is 2.33. The van der Waals surface area contributed by atoms with E-state index >= 15 is 0 Å². The summed E-state index contributed by atoms with van der Waals surface area (Å²) in [5.74, 6) is -1.10. The molecule has 5 rings (SSSR count). The molecule has 4 aromatic rings. The molecule has 2 atom stereocenters. The van der Waals surface area contributed by atoms with Crippen molar-refractivity contribution in [1.82, 2.24) is 10.3 Å². The van der Waals surface area contributed by atoms with Crippen LogP contribution in [0.1, 0.15) is 48.6 Å². The van der Waals surface area contributed by atoms with E-state index in [9.17, 15) is 27.9 Å². The molecule has 1 aromatic heterocycles. The molecule has 0 bridgehead atoms. The van der Waals surface area contributed by atoms with Crippen LogP contribution in [0.2, 0.25) is 0 Å². The molecule has 1 amide bonds. The Morgan fingerprint density at radius 2 is 1.70 bits per heavy atom. The number of pyridine rings is 1. The normalized spacial score (nSPS) is 14.1. The van der Waals surface area contributed by atoms with Crippen molar-refractivity contribution in [3.05, 3.63) is 100.0 Å². The molecular weight excluding hydrogens is 648 g/mol. The summed E-state index contributed by atoms with van der Waals surface area (Å²) in [6, 6.07) is 17.1. The van der Waals surface area contributed by atoms with E-state index in [0.29, 0.717) is 59.4 Å². The third-order valence-corrected chi connectivity index (χ3v) is 10.0. The van der Waals surface area contributed by atoms with Gasteiger partial charge in [-0.2, -0.15) is 0 Å². The number of carbonyl (C=O) groups is 2. The van der Waals surface area contributed by atoms with Crippen molar-refractivity contribution >= 4 is 56.5 Å². The minimum Gasteiger partial charge on any atom is -0.479 e. The molecule has 14 heteroatoms. The van der Waals surface area contributed by atoms with Crippen LogP contribution in [0, 0.1) is 0 Å². The van der Waals surface area contributed by atoms with Crippen LogP contribution in [0.3, 0.4) is 0 Å². The van der Waals surface area contributed by atoms with Crippen molar-refractivity contribution in [2.45, 2.75) is 48.6 Å². The molecule has 250 valence electrons. The smallest absolute Gasteiger partial charge is 0.411 e. The van der Waals surface area contributed by atoms with Crippen LogP contribution in [-0.4, -0.2) is 56.1 Å². The maximum Gasteiger partial charge on any atom is 0.411 e. The fourth-order valence-corrected chi connectivity index (χ4v) is 7.07. The second-order valence-electron chi connectivity index (χ2n) is 11.0. The Balaban J connectivity index is 0.00000500. The van der Waals surface area contributed by atoms with E-state index < -0.39 is 34.0 Å². The maximum absolute atomic E-state index is 12.8. The highest BCUT2D eigenvalue weighted by Crippen LogP contribution is 2.35. The lowest BCUT2D eigenvalue weighted by molar-refractivity contribution is -0.138. The zero-order chi connectivity index (χ0) is 32.8. The average molecular weight is 685 g/mol. The molecule has 0 radical (unpaired) electrons. The van der Waals surface area contributed by atoms with Crippen LogP contribution in [0.25, 0.3) is 10.8 Å². The Kier molecular flexibility index (Phi) is 11.6. The third kappa shape index (κ3) is 8.49. The molecule has 47 heavy (non-hydrogen) atoms. The van der Waals surface area contributed by atoms with Crippen LogP contribution >= 0.6 is 12.4 Å². The fourth-order valence-electron chi connectivity index (χ4n) is 5.20. The summed E-state index contributed by atoms with van der Waals surface area (Å²) in [4.78, 5) is 40.0. The molecule has 12 nitrogen and oxygen atoms in total. The predicted octanol–water partition coefficient (Wildman–Crippen LogP) is 5.17. The van der Waals surface area contributed by atoms with Gasteiger partial charge < -0.3 is 30.2 Å². The van der Waals surface area contributed by atoms with Gasteiger partial charge in [-0.3, -0.25) is 10.1 Å². The third-order valence-electron chi connectivity index (χ3n) is 7.65. The number of sulfone groups is 1. The number of hydrogen-bond donors (Lipinski definition) is 5. The van der Waals surface area contributed by atoms with E-state index in [-0.39, 0.29) is 34.7 Å². The number of H-pyrrole nitrogens is 1. The zero-order valence-electron chi connectivity index (χ0n) is 25.8. The fraction of sp³-hybridized carbons (Fsp3) is 0.303. The first-order chi connectivity index (χ1) is 22.1. The van der Waals surface area contributed by atoms with Crippen molar-refractivity contribution in [3.8, 4) is 0 Å². The first kappa shape index (κ1) is 35.4. The second kappa shape index (κ2) is 15.4. The van der Waals surface area contributed by atoms with Crippen molar-refractivity contribution < 1.29 is 32.6 Å². The Morgan fingerprint density at radius 1 is 1.00 bits per heavy atom. The van der Waals surface area contributed by atoms with Crippen molar-refractivity contribution in [3.63, 3.8) is 0 Å². The Labute approximate surface area is 278 Å².